The first-order valence-corrected chi connectivity index (χ1v) is 4.63. The summed E-state index contributed by atoms with van der Waals surface area (Å²) < 4.78 is 5.11. The van der Waals surface area contributed by atoms with Gasteiger partial charge in [-0.1, -0.05) is 12.1 Å². The maximum Gasteiger partial charge on any atom is 0.261 e. The van der Waals surface area contributed by atoms with Crippen molar-refractivity contribution in [3.8, 4) is 0 Å². The maximum atomic E-state index is 5.11. The van der Waals surface area contributed by atoms with Gasteiger partial charge in [-0.05, 0) is 43.8 Å². The van der Waals surface area contributed by atoms with Gasteiger partial charge < -0.3 is 10.1 Å². The zero-order chi connectivity index (χ0) is 9.68. The molecule has 0 bridgehead atoms. The van der Waals surface area contributed by atoms with Gasteiger partial charge in [-0.2, -0.15) is 0 Å². The van der Waals surface area contributed by atoms with E-state index < -0.39 is 0 Å². The van der Waals surface area contributed by atoms with Gasteiger partial charge in [0.05, 0.1) is 6.61 Å². The van der Waals surface area contributed by atoms with Crippen LogP contribution in [0.4, 0.5) is 5.69 Å². The molecule has 1 aromatic carbocycles. The third kappa shape index (κ3) is 3.42. The van der Waals surface area contributed by atoms with Crippen LogP contribution in [0.15, 0.2) is 24.3 Å². The van der Waals surface area contributed by atoms with Crippen molar-refractivity contribution in [2.75, 3.05) is 11.9 Å². The number of rotatable bonds is 2. The molecule has 0 spiro atoms. The molecule has 13 heavy (non-hydrogen) atoms. The fourth-order valence-corrected chi connectivity index (χ4v) is 1.24. The summed E-state index contributed by atoms with van der Waals surface area (Å²) in [6.07, 6.45) is 0. The molecule has 1 N–H and O–H groups in total. The van der Waals surface area contributed by atoms with E-state index in [1.165, 1.54) is 5.56 Å². The summed E-state index contributed by atoms with van der Waals surface area (Å²) in [6, 6.07) is 7.99. The highest BCUT2D eigenvalue weighted by molar-refractivity contribution is 7.80. The zero-order valence-corrected chi connectivity index (χ0v) is 8.65. The van der Waals surface area contributed by atoms with E-state index in [-0.39, 0.29) is 0 Å². The van der Waals surface area contributed by atoms with Crippen molar-refractivity contribution in [3.63, 3.8) is 0 Å². The molecular weight excluding hydrogens is 182 g/mol. The Morgan fingerprint density at radius 3 is 2.92 bits per heavy atom. The van der Waals surface area contributed by atoms with Crippen LogP contribution in [0.2, 0.25) is 0 Å². The number of benzene rings is 1. The SMILES string of the molecule is CCOC(=S)Nc1cccc(C)c1. The quantitative estimate of drug-likeness (QED) is 0.733. The predicted molar refractivity (Wildman–Crippen MR) is 59.0 cm³/mol. The number of hydrogen-bond acceptors (Lipinski definition) is 2. The predicted octanol–water partition coefficient (Wildman–Crippen LogP) is 2.73. The van der Waals surface area contributed by atoms with Crippen molar-refractivity contribution < 1.29 is 4.74 Å². The molecular formula is C10H13NOS. The summed E-state index contributed by atoms with van der Waals surface area (Å²) in [5.74, 6) is 0. The smallest absolute Gasteiger partial charge is 0.261 e. The second kappa shape index (κ2) is 4.82. The molecule has 1 rings (SSSR count). The van der Waals surface area contributed by atoms with Gasteiger partial charge in [0.1, 0.15) is 0 Å². The van der Waals surface area contributed by atoms with Gasteiger partial charge in [0.2, 0.25) is 0 Å². The van der Waals surface area contributed by atoms with Gasteiger partial charge in [0.15, 0.2) is 0 Å². The fourth-order valence-electron chi connectivity index (χ4n) is 1.01. The van der Waals surface area contributed by atoms with E-state index in [0.29, 0.717) is 11.8 Å². The molecule has 3 heteroatoms. The molecule has 0 unspecified atom stereocenters. The number of hydrogen-bond donors (Lipinski definition) is 1. The molecule has 0 aliphatic heterocycles. The van der Waals surface area contributed by atoms with E-state index in [9.17, 15) is 0 Å². The second-order valence-electron chi connectivity index (χ2n) is 2.71. The maximum absolute atomic E-state index is 5.11. The Morgan fingerprint density at radius 2 is 2.31 bits per heavy atom. The Morgan fingerprint density at radius 1 is 1.54 bits per heavy atom. The van der Waals surface area contributed by atoms with E-state index in [4.69, 9.17) is 17.0 Å². The van der Waals surface area contributed by atoms with Gasteiger partial charge in [0.25, 0.3) is 5.17 Å². The van der Waals surface area contributed by atoms with Crippen molar-refractivity contribution in [2.24, 2.45) is 0 Å². The summed E-state index contributed by atoms with van der Waals surface area (Å²) in [6.45, 7) is 4.54. The highest BCUT2D eigenvalue weighted by Gasteiger charge is 1.96. The van der Waals surface area contributed by atoms with E-state index in [0.717, 1.165) is 5.69 Å². The van der Waals surface area contributed by atoms with Gasteiger partial charge >= 0.3 is 0 Å². The molecule has 70 valence electrons. The average molecular weight is 195 g/mol. The molecule has 2 nitrogen and oxygen atoms in total. The number of nitrogens with one attached hydrogen (secondary N) is 1. The number of thiocarbonyl (C=S) groups is 1. The second-order valence-corrected chi connectivity index (χ2v) is 3.09. The van der Waals surface area contributed by atoms with Gasteiger partial charge in [-0.3, -0.25) is 0 Å². The molecule has 0 saturated carbocycles. The third-order valence-corrected chi connectivity index (χ3v) is 1.76. The molecule has 0 saturated heterocycles. The molecule has 0 aliphatic rings. The molecule has 0 amide bonds. The van der Waals surface area contributed by atoms with Crippen LogP contribution in [-0.2, 0) is 4.74 Å². The van der Waals surface area contributed by atoms with E-state index in [1.54, 1.807) is 0 Å². The fraction of sp³-hybridized carbons (Fsp3) is 0.300. The average Bonchev–Trinajstić information content (AvgIpc) is 2.04. The molecule has 0 radical (unpaired) electrons. The molecule has 0 aromatic heterocycles. The van der Waals surface area contributed by atoms with Crippen molar-refractivity contribution in [1.82, 2.24) is 0 Å². The lowest BCUT2D eigenvalue weighted by atomic mass is 10.2. The number of aryl methyl sites for hydroxylation is 1. The summed E-state index contributed by atoms with van der Waals surface area (Å²) in [5.41, 5.74) is 2.17. The monoisotopic (exact) mass is 195 g/mol. The van der Waals surface area contributed by atoms with Crippen LogP contribution >= 0.6 is 12.2 Å². The van der Waals surface area contributed by atoms with Crippen LogP contribution in [0, 0.1) is 6.92 Å². The minimum Gasteiger partial charge on any atom is -0.471 e. The van der Waals surface area contributed by atoms with E-state index >= 15 is 0 Å². The third-order valence-electron chi connectivity index (χ3n) is 1.54. The summed E-state index contributed by atoms with van der Waals surface area (Å²) in [7, 11) is 0. The Bertz CT molecular complexity index is 299. The van der Waals surface area contributed by atoms with Gasteiger partial charge in [-0.25, -0.2) is 0 Å². The molecule has 0 aliphatic carbocycles. The first-order valence-electron chi connectivity index (χ1n) is 4.23. The van der Waals surface area contributed by atoms with Crippen LogP contribution in [0.25, 0.3) is 0 Å². The van der Waals surface area contributed by atoms with Crippen LogP contribution in [0.1, 0.15) is 12.5 Å². The first kappa shape index (κ1) is 9.99. The Labute approximate surface area is 83.9 Å². The Kier molecular flexibility index (Phi) is 3.71. The molecule has 1 aromatic rings. The van der Waals surface area contributed by atoms with Gasteiger partial charge in [-0.15, -0.1) is 0 Å². The standard InChI is InChI=1S/C10H13NOS/c1-3-12-10(13)11-9-6-4-5-8(2)7-9/h4-7H,3H2,1-2H3,(H,11,13). The lowest BCUT2D eigenvalue weighted by Gasteiger charge is -2.07. The normalized spacial score (nSPS) is 9.38. The van der Waals surface area contributed by atoms with Crippen molar-refractivity contribution in [2.45, 2.75) is 13.8 Å². The van der Waals surface area contributed by atoms with Crippen LogP contribution < -0.4 is 5.32 Å². The summed E-state index contributed by atoms with van der Waals surface area (Å²) in [4.78, 5) is 0. The Balaban J connectivity index is 2.58. The topological polar surface area (TPSA) is 21.3 Å². The zero-order valence-electron chi connectivity index (χ0n) is 7.83. The lowest BCUT2D eigenvalue weighted by Crippen LogP contribution is -2.12. The first-order chi connectivity index (χ1) is 6.22. The van der Waals surface area contributed by atoms with Gasteiger partial charge in [0, 0.05) is 5.69 Å². The minimum atomic E-state index is 0.424. The summed E-state index contributed by atoms with van der Waals surface area (Å²) in [5, 5.41) is 3.42. The van der Waals surface area contributed by atoms with Crippen LogP contribution in [-0.4, -0.2) is 11.8 Å². The number of ether oxygens (including phenoxy) is 1. The minimum absolute atomic E-state index is 0.424. The molecule has 0 fully saturated rings. The number of anilines is 1. The summed E-state index contributed by atoms with van der Waals surface area (Å²) >= 11 is 4.95. The molecule has 0 atom stereocenters. The Hall–Kier alpha value is -1.09. The van der Waals surface area contributed by atoms with Crippen molar-refractivity contribution in [1.29, 1.82) is 0 Å². The largest absolute Gasteiger partial charge is 0.471 e. The van der Waals surface area contributed by atoms with Crippen molar-refractivity contribution >= 4 is 23.1 Å². The van der Waals surface area contributed by atoms with Crippen LogP contribution in [0.5, 0.6) is 0 Å². The van der Waals surface area contributed by atoms with Crippen LogP contribution in [0.3, 0.4) is 0 Å². The van der Waals surface area contributed by atoms with E-state index in [1.807, 2.05) is 38.1 Å². The highest BCUT2D eigenvalue weighted by atomic mass is 32.1. The lowest BCUT2D eigenvalue weighted by molar-refractivity contribution is 0.335. The van der Waals surface area contributed by atoms with Crippen molar-refractivity contribution in [3.05, 3.63) is 29.8 Å². The highest BCUT2D eigenvalue weighted by Crippen LogP contribution is 2.09. The van der Waals surface area contributed by atoms with E-state index in [2.05, 4.69) is 5.32 Å². The molecule has 0 heterocycles.